The standard InChI is InChI=1S/C14H12ClF2N3O/c15-6-3-7-8(5-20-14(7)19-4-6)13(21)11-9(16)1-2-10(18)12(11)17/h2-5,9,13,21H,1,18H2,(H,19,20). The highest BCUT2D eigenvalue weighted by Gasteiger charge is 2.31. The summed E-state index contributed by atoms with van der Waals surface area (Å²) < 4.78 is 28.0. The summed E-state index contributed by atoms with van der Waals surface area (Å²) in [6.45, 7) is 0. The Labute approximate surface area is 123 Å². The van der Waals surface area contributed by atoms with Crippen LogP contribution in [0.3, 0.4) is 0 Å². The molecule has 0 spiro atoms. The van der Waals surface area contributed by atoms with Crippen LogP contribution in [0.2, 0.25) is 5.02 Å². The van der Waals surface area contributed by atoms with Crippen LogP contribution in [0.25, 0.3) is 11.0 Å². The molecule has 7 heteroatoms. The van der Waals surface area contributed by atoms with Crippen molar-refractivity contribution in [1.29, 1.82) is 0 Å². The molecule has 2 unspecified atom stereocenters. The zero-order valence-corrected chi connectivity index (χ0v) is 11.5. The van der Waals surface area contributed by atoms with Crippen LogP contribution in [0, 0.1) is 0 Å². The number of rotatable bonds is 2. The Kier molecular flexibility index (Phi) is 3.43. The fourth-order valence-electron chi connectivity index (χ4n) is 2.43. The van der Waals surface area contributed by atoms with E-state index in [4.69, 9.17) is 17.3 Å². The zero-order valence-electron chi connectivity index (χ0n) is 10.8. The number of fused-ring (bicyclic) bond motifs is 1. The molecule has 3 rings (SSSR count). The number of nitrogens with one attached hydrogen (secondary N) is 1. The SMILES string of the molecule is NC1=CCC(F)C(C(O)c2c[nH]c3ncc(Cl)cc23)=C1F. The molecule has 110 valence electrons. The van der Waals surface area contributed by atoms with E-state index in [2.05, 4.69) is 9.97 Å². The molecular formula is C14H12ClF2N3O. The maximum absolute atomic E-state index is 14.0. The minimum atomic E-state index is -1.62. The highest BCUT2D eigenvalue weighted by atomic mass is 35.5. The molecule has 0 saturated carbocycles. The van der Waals surface area contributed by atoms with Gasteiger partial charge in [-0.2, -0.15) is 0 Å². The van der Waals surface area contributed by atoms with Gasteiger partial charge in [0.1, 0.15) is 17.9 Å². The molecule has 4 N–H and O–H groups in total. The van der Waals surface area contributed by atoms with E-state index in [0.29, 0.717) is 21.6 Å². The van der Waals surface area contributed by atoms with Gasteiger partial charge in [-0.3, -0.25) is 0 Å². The van der Waals surface area contributed by atoms with Crippen LogP contribution >= 0.6 is 11.6 Å². The number of aliphatic hydroxyl groups is 1. The number of nitrogens with zero attached hydrogens (tertiary/aromatic N) is 1. The number of alkyl halides is 1. The molecule has 1 aliphatic carbocycles. The molecule has 4 nitrogen and oxygen atoms in total. The predicted molar refractivity (Wildman–Crippen MR) is 76.0 cm³/mol. The average Bonchev–Trinajstić information content (AvgIpc) is 2.86. The molecule has 21 heavy (non-hydrogen) atoms. The second-order valence-corrected chi connectivity index (χ2v) is 5.26. The van der Waals surface area contributed by atoms with Crippen LogP contribution in [0.1, 0.15) is 18.1 Å². The summed E-state index contributed by atoms with van der Waals surface area (Å²) in [4.78, 5) is 6.88. The fourth-order valence-corrected chi connectivity index (χ4v) is 2.59. The van der Waals surface area contributed by atoms with E-state index in [0.717, 1.165) is 0 Å². The summed E-state index contributed by atoms with van der Waals surface area (Å²) in [6.07, 6.45) is 1.03. The zero-order chi connectivity index (χ0) is 15.1. The summed E-state index contributed by atoms with van der Waals surface area (Å²) in [5.41, 5.74) is 5.73. The largest absolute Gasteiger partial charge is 0.397 e. The molecule has 2 heterocycles. The Morgan fingerprint density at radius 1 is 1.52 bits per heavy atom. The van der Waals surface area contributed by atoms with Gasteiger partial charge in [0.15, 0.2) is 5.83 Å². The number of pyridine rings is 1. The first-order chi connectivity index (χ1) is 9.99. The summed E-state index contributed by atoms with van der Waals surface area (Å²) in [7, 11) is 0. The maximum atomic E-state index is 14.0. The lowest BCUT2D eigenvalue weighted by molar-refractivity contribution is 0.183. The first-order valence-corrected chi connectivity index (χ1v) is 6.67. The number of hydrogen-bond acceptors (Lipinski definition) is 3. The van der Waals surface area contributed by atoms with Gasteiger partial charge < -0.3 is 15.8 Å². The van der Waals surface area contributed by atoms with E-state index in [1.165, 1.54) is 18.5 Å². The highest BCUT2D eigenvalue weighted by Crippen LogP contribution is 2.38. The summed E-state index contributed by atoms with van der Waals surface area (Å²) in [5, 5.41) is 11.2. The Morgan fingerprint density at radius 3 is 3.05 bits per heavy atom. The number of aromatic amines is 1. The number of hydrogen-bond donors (Lipinski definition) is 3. The Bertz CT molecular complexity index is 769. The van der Waals surface area contributed by atoms with E-state index in [1.54, 1.807) is 6.07 Å². The first-order valence-electron chi connectivity index (χ1n) is 6.29. The first kappa shape index (κ1) is 14.0. The Hall–Kier alpha value is -1.92. The smallest absolute Gasteiger partial charge is 0.150 e. The summed E-state index contributed by atoms with van der Waals surface area (Å²) in [6, 6.07) is 1.58. The Morgan fingerprint density at radius 2 is 2.29 bits per heavy atom. The number of aliphatic hydroxyl groups excluding tert-OH is 1. The lowest BCUT2D eigenvalue weighted by atomic mass is 9.91. The van der Waals surface area contributed by atoms with Crippen LogP contribution in [-0.4, -0.2) is 21.2 Å². The highest BCUT2D eigenvalue weighted by molar-refractivity contribution is 6.31. The molecule has 0 bridgehead atoms. The lowest BCUT2D eigenvalue weighted by Crippen LogP contribution is -2.20. The van der Waals surface area contributed by atoms with Gasteiger partial charge in [-0.1, -0.05) is 17.7 Å². The molecular weight excluding hydrogens is 300 g/mol. The molecule has 0 amide bonds. The number of H-pyrrole nitrogens is 1. The van der Waals surface area contributed by atoms with Crippen molar-refractivity contribution in [3.8, 4) is 0 Å². The topological polar surface area (TPSA) is 74.9 Å². The van der Waals surface area contributed by atoms with Gasteiger partial charge >= 0.3 is 0 Å². The van der Waals surface area contributed by atoms with Crippen molar-refractivity contribution in [3.05, 3.63) is 52.2 Å². The van der Waals surface area contributed by atoms with E-state index < -0.39 is 18.1 Å². The van der Waals surface area contributed by atoms with E-state index in [9.17, 15) is 13.9 Å². The van der Waals surface area contributed by atoms with Crippen molar-refractivity contribution in [1.82, 2.24) is 9.97 Å². The van der Waals surface area contributed by atoms with Gasteiger partial charge in [-0.25, -0.2) is 13.8 Å². The van der Waals surface area contributed by atoms with Gasteiger partial charge in [-0.15, -0.1) is 0 Å². The second-order valence-electron chi connectivity index (χ2n) is 4.83. The normalized spacial score (nSPS) is 20.8. The van der Waals surface area contributed by atoms with Crippen LogP contribution in [-0.2, 0) is 0 Å². The minimum Gasteiger partial charge on any atom is -0.397 e. The summed E-state index contributed by atoms with van der Waals surface area (Å²) in [5.74, 6) is -0.911. The van der Waals surface area contributed by atoms with Crippen LogP contribution in [0.4, 0.5) is 8.78 Å². The molecule has 0 aliphatic heterocycles. The van der Waals surface area contributed by atoms with Gasteiger partial charge in [0, 0.05) is 35.3 Å². The molecule has 0 aromatic carbocycles. The second kappa shape index (κ2) is 5.13. The van der Waals surface area contributed by atoms with Crippen molar-refractivity contribution in [2.75, 3.05) is 0 Å². The third kappa shape index (κ3) is 2.30. The molecule has 0 saturated heterocycles. The predicted octanol–water partition coefficient (Wildman–Crippen LogP) is 3.06. The minimum absolute atomic E-state index is 0.0625. The third-order valence-electron chi connectivity index (χ3n) is 3.51. The average molecular weight is 312 g/mol. The molecule has 2 aromatic rings. The van der Waals surface area contributed by atoms with Gasteiger partial charge in [-0.05, 0) is 6.07 Å². The molecule has 0 radical (unpaired) electrons. The fraction of sp³-hybridized carbons (Fsp3) is 0.214. The third-order valence-corrected chi connectivity index (χ3v) is 3.71. The monoisotopic (exact) mass is 311 g/mol. The number of halogens is 3. The molecule has 2 aromatic heterocycles. The quantitative estimate of drug-likeness (QED) is 0.798. The van der Waals surface area contributed by atoms with Gasteiger partial charge in [0.05, 0.1) is 10.7 Å². The van der Waals surface area contributed by atoms with Crippen LogP contribution in [0.5, 0.6) is 0 Å². The molecule has 2 atom stereocenters. The number of aromatic nitrogens is 2. The van der Waals surface area contributed by atoms with Gasteiger partial charge in [0.25, 0.3) is 0 Å². The van der Waals surface area contributed by atoms with Crippen molar-refractivity contribution >= 4 is 22.6 Å². The van der Waals surface area contributed by atoms with Crippen LogP contribution in [0.15, 0.2) is 41.6 Å². The van der Waals surface area contributed by atoms with Crippen molar-refractivity contribution < 1.29 is 13.9 Å². The van der Waals surface area contributed by atoms with Crippen molar-refractivity contribution in [2.24, 2.45) is 5.73 Å². The number of nitrogens with two attached hydrogens (primary N) is 1. The molecule has 1 aliphatic rings. The lowest BCUT2D eigenvalue weighted by Gasteiger charge is -2.22. The van der Waals surface area contributed by atoms with E-state index in [1.807, 2.05) is 0 Å². The van der Waals surface area contributed by atoms with Crippen molar-refractivity contribution in [3.63, 3.8) is 0 Å². The van der Waals surface area contributed by atoms with Crippen LogP contribution < -0.4 is 5.73 Å². The number of allylic oxidation sites excluding steroid dienone is 2. The van der Waals surface area contributed by atoms with Gasteiger partial charge in [0.2, 0.25) is 0 Å². The summed E-state index contributed by atoms with van der Waals surface area (Å²) >= 11 is 5.87. The van der Waals surface area contributed by atoms with E-state index >= 15 is 0 Å². The Balaban J connectivity index is 2.12. The van der Waals surface area contributed by atoms with Crippen molar-refractivity contribution in [2.45, 2.75) is 18.7 Å². The molecule has 0 fully saturated rings. The maximum Gasteiger partial charge on any atom is 0.150 e. The van der Waals surface area contributed by atoms with E-state index in [-0.39, 0.29) is 17.7 Å².